The molecule has 1 aromatic rings. The fourth-order valence-electron chi connectivity index (χ4n) is 3.70. The summed E-state index contributed by atoms with van der Waals surface area (Å²) in [4.78, 5) is 14.6. The van der Waals surface area contributed by atoms with Crippen LogP contribution in [0.25, 0.3) is 0 Å². The number of carbonyl (C=O) groups excluding carboxylic acids is 1. The van der Waals surface area contributed by atoms with Crippen molar-refractivity contribution in [1.82, 2.24) is 4.90 Å². The highest BCUT2D eigenvalue weighted by molar-refractivity contribution is 5.78. The van der Waals surface area contributed by atoms with Gasteiger partial charge >= 0.3 is 0 Å². The Bertz CT molecular complexity index is 560. The number of nitrogens with zero attached hydrogens (tertiary/aromatic N) is 1. The lowest BCUT2D eigenvalue weighted by atomic mass is 10.1. The van der Waals surface area contributed by atoms with Crippen molar-refractivity contribution in [2.75, 3.05) is 26.4 Å². The molecule has 130 valence electrons. The molecule has 1 aliphatic heterocycles. The van der Waals surface area contributed by atoms with Crippen molar-refractivity contribution >= 4 is 5.91 Å². The molecule has 3 aliphatic rings. The van der Waals surface area contributed by atoms with Gasteiger partial charge in [0.25, 0.3) is 5.91 Å². The molecule has 0 N–H and O–H groups in total. The van der Waals surface area contributed by atoms with Gasteiger partial charge in [0.1, 0.15) is 11.9 Å². The second-order valence-electron chi connectivity index (χ2n) is 6.98. The third-order valence-corrected chi connectivity index (χ3v) is 5.20. The number of rotatable bonds is 6. The highest BCUT2D eigenvalue weighted by Gasteiger charge is 2.45. The summed E-state index contributed by atoms with van der Waals surface area (Å²) in [6.07, 6.45) is 4.64. The van der Waals surface area contributed by atoms with E-state index < -0.39 is 0 Å². The Morgan fingerprint density at radius 3 is 2.79 bits per heavy atom. The van der Waals surface area contributed by atoms with Crippen LogP contribution < -0.4 is 4.74 Å². The molecule has 1 aromatic carbocycles. The monoisotopic (exact) mass is 331 g/mol. The SMILES string of the molecule is O=C(COc1ccccc1)N1CCO[C@H]2CC[C@H]1[C@H]2OCC1CC1. The van der Waals surface area contributed by atoms with Gasteiger partial charge in [0.05, 0.1) is 18.8 Å². The highest BCUT2D eigenvalue weighted by Crippen LogP contribution is 2.35. The number of hydrogen-bond donors (Lipinski definition) is 0. The van der Waals surface area contributed by atoms with Gasteiger partial charge in [-0.15, -0.1) is 0 Å². The van der Waals surface area contributed by atoms with E-state index in [9.17, 15) is 4.79 Å². The van der Waals surface area contributed by atoms with Crippen molar-refractivity contribution in [3.8, 4) is 5.75 Å². The molecule has 0 aromatic heterocycles. The lowest BCUT2D eigenvalue weighted by Crippen LogP contribution is -2.48. The summed E-state index contributed by atoms with van der Waals surface area (Å²) in [7, 11) is 0. The molecule has 0 radical (unpaired) electrons. The van der Waals surface area contributed by atoms with Gasteiger partial charge in [0.2, 0.25) is 0 Å². The Morgan fingerprint density at radius 1 is 1.17 bits per heavy atom. The molecule has 5 nitrogen and oxygen atoms in total. The van der Waals surface area contributed by atoms with Crippen molar-refractivity contribution in [1.29, 1.82) is 0 Å². The van der Waals surface area contributed by atoms with Crippen LogP contribution in [-0.2, 0) is 14.3 Å². The van der Waals surface area contributed by atoms with Crippen molar-refractivity contribution in [3.05, 3.63) is 30.3 Å². The Hall–Kier alpha value is -1.59. The molecule has 3 atom stereocenters. The van der Waals surface area contributed by atoms with E-state index in [0.717, 1.165) is 31.1 Å². The fourth-order valence-corrected chi connectivity index (χ4v) is 3.70. The molecule has 24 heavy (non-hydrogen) atoms. The number of ether oxygens (including phenoxy) is 3. The summed E-state index contributed by atoms with van der Waals surface area (Å²) in [5.41, 5.74) is 0. The molecular weight excluding hydrogens is 306 g/mol. The van der Waals surface area contributed by atoms with Crippen LogP contribution in [0.2, 0.25) is 0 Å². The smallest absolute Gasteiger partial charge is 0.260 e. The van der Waals surface area contributed by atoms with Crippen LogP contribution in [0.4, 0.5) is 0 Å². The topological polar surface area (TPSA) is 48.0 Å². The quantitative estimate of drug-likeness (QED) is 0.802. The average molecular weight is 331 g/mol. The number of carbonyl (C=O) groups is 1. The number of para-hydroxylation sites is 1. The van der Waals surface area contributed by atoms with Crippen LogP contribution in [0.3, 0.4) is 0 Å². The van der Waals surface area contributed by atoms with Gasteiger partial charge in [-0.2, -0.15) is 0 Å². The minimum atomic E-state index is 0.0220. The minimum absolute atomic E-state index is 0.0220. The fraction of sp³-hybridized carbons (Fsp3) is 0.632. The van der Waals surface area contributed by atoms with Crippen LogP contribution in [-0.4, -0.2) is 55.4 Å². The standard InChI is InChI=1S/C19H25NO4/c21-18(13-23-15-4-2-1-3-5-15)20-10-11-22-17-9-8-16(20)19(17)24-12-14-6-7-14/h1-5,14,16-17,19H,6-13H2/t16-,17-,19+/m0/s1. The van der Waals surface area contributed by atoms with E-state index >= 15 is 0 Å². The van der Waals surface area contributed by atoms with E-state index in [-0.39, 0.29) is 30.8 Å². The summed E-state index contributed by atoms with van der Waals surface area (Å²) >= 11 is 0. The molecular formula is C19H25NO4. The van der Waals surface area contributed by atoms with Gasteiger partial charge < -0.3 is 19.1 Å². The number of amides is 1. The van der Waals surface area contributed by atoms with E-state index in [2.05, 4.69) is 0 Å². The predicted molar refractivity (Wildman–Crippen MR) is 88.9 cm³/mol. The number of fused-ring (bicyclic) bond motifs is 2. The first kappa shape index (κ1) is 15.9. The molecule has 1 saturated heterocycles. The Kier molecular flexibility index (Phi) is 4.72. The van der Waals surface area contributed by atoms with Crippen LogP contribution in [0, 0.1) is 5.92 Å². The molecule has 2 bridgehead atoms. The predicted octanol–water partition coefficient (Wildman–Crippen LogP) is 2.25. The normalized spacial score (nSPS) is 29.3. The summed E-state index contributed by atoms with van der Waals surface area (Å²) in [5.74, 6) is 1.47. The molecule has 1 amide bonds. The lowest BCUT2D eigenvalue weighted by molar-refractivity contribution is -0.138. The van der Waals surface area contributed by atoms with E-state index in [1.165, 1.54) is 12.8 Å². The van der Waals surface area contributed by atoms with Crippen molar-refractivity contribution in [2.24, 2.45) is 5.92 Å². The Balaban J connectivity index is 1.38. The van der Waals surface area contributed by atoms with Crippen LogP contribution in [0.15, 0.2) is 30.3 Å². The van der Waals surface area contributed by atoms with Crippen LogP contribution >= 0.6 is 0 Å². The van der Waals surface area contributed by atoms with E-state index in [1.54, 1.807) is 0 Å². The molecule has 0 spiro atoms. The zero-order valence-electron chi connectivity index (χ0n) is 13.9. The van der Waals surface area contributed by atoms with Crippen molar-refractivity contribution in [2.45, 2.75) is 43.9 Å². The molecule has 2 aliphatic carbocycles. The second kappa shape index (κ2) is 7.11. The van der Waals surface area contributed by atoms with Crippen molar-refractivity contribution < 1.29 is 19.0 Å². The molecule has 3 fully saturated rings. The average Bonchev–Trinajstić information content (AvgIpc) is 3.36. The number of hydrogen-bond acceptors (Lipinski definition) is 4. The van der Waals surface area contributed by atoms with E-state index in [4.69, 9.17) is 14.2 Å². The van der Waals surface area contributed by atoms with Crippen LogP contribution in [0.5, 0.6) is 5.75 Å². The van der Waals surface area contributed by atoms with E-state index in [1.807, 2.05) is 35.2 Å². The summed E-state index contributed by atoms with van der Waals surface area (Å²) in [6, 6.07) is 9.61. The first-order chi connectivity index (χ1) is 11.8. The summed E-state index contributed by atoms with van der Waals surface area (Å²) < 4.78 is 17.7. The largest absolute Gasteiger partial charge is 0.484 e. The maximum absolute atomic E-state index is 12.7. The minimum Gasteiger partial charge on any atom is -0.484 e. The zero-order chi connectivity index (χ0) is 16.4. The van der Waals surface area contributed by atoms with Crippen molar-refractivity contribution in [3.63, 3.8) is 0 Å². The third kappa shape index (κ3) is 3.57. The molecule has 1 heterocycles. The second-order valence-corrected chi connectivity index (χ2v) is 6.98. The van der Waals surface area contributed by atoms with Gasteiger partial charge in [0.15, 0.2) is 6.61 Å². The number of benzene rings is 1. The Labute approximate surface area is 142 Å². The molecule has 4 rings (SSSR count). The van der Waals surface area contributed by atoms with Gasteiger partial charge in [-0.05, 0) is 43.7 Å². The first-order valence-electron chi connectivity index (χ1n) is 9.02. The zero-order valence-corrected chi connectivity index (χ0v) is 13.9. The Morgan fingerprint density at radius 2 is 2.00 bits per heavy atom. The van der Waals surface area contributed by atoms with E-state index in [0.29, 0.717) is 13.2 Å². The van der Waals surface area contributed by atoms with Gasteiger partial charge in [-0.25, -0.2) is 0 Å². The summed E-state index contributed by atoms with van der Waals surface area (Å²) in [6.45, 7) is 2.09. The van der Waals surface area contributed by atoms with Gasteiger partial charge in [-0.3, -0.25) is 4.79 Å². The maximum atomic E-state index is 12.7. The maximum Gasteiger partial charge on any atom is 0.260 e. The van der Waals surface area contributed by atoms with Crippen LogP contribution in [0.1, 0.15) is 25.7 Å². The van der Waals surface area contributed by atoms with Gasteiger partial charge in [-0.1, -0.05) is 18.2 Å². The molecule has 5 heteroatoms. The first-order valence-corrected chi connectivity index (χ1v) is 9.02. The lowest BCUT2D eigenvalue weighted by Gasteiger charge is -2.31. The van der Waals surface area contributed by atoms with Gasteiger partial charge in [0, 0.05) is 13.2 Å². The highest BCUT2D eigenvalue weighted by atomic mass is 16.5. The molecule has 0 unspecified atom stereocenters. The molecule has 2 saturated carbocycles. The summed E-state index contributed by atoms with van der Waals surface area (Å²) in [5, 5.41) is 0. The third-order valence-electron chi connectivity index (χ3n) is 5.20.